The fourth-order valence-electron chi connectivity index (χ4n) is 2.58. The summed E-state index contributed by atoms with van der Waals surface area (Å²) in [5.74, 6) is -0.734. The zero-order valence-corrected chi connectivity index (χ0v) is 16.1. The number of aliphatic carboxylic acids is 1. The summed E-state index contributed by atoms with van der Waals surface area (Å²) in [6.45, 7) is 3.38. The van der Waals surface area contributed by atoms with Crippen molar-refractivity contribution >= 4 is 40.9 Å². The second-order valence-electron chi connectivity index (χ2n) is 5.83. The molecule has 3 rings (SSSR count). The molecule has 0 fully saturated rings. The van der Waals surface area contributed by atoms with Crippen molar-refractivity contribution in [1.82, 2.24) is 5.32 Å². The first-order valence-corrected chi connectivity index (χ1v) is 9.22. The van der Waals surface area contributed by atoms with Crippen LogP contribution in [0.1, 0.15) is 26.8 Å². The Kier molecular flexibility index (Phi) is 5.48. The van der Waals surface area contributed by atoms with Gasteiger partial charge >= 0.3 is 5.97 Å². The smallest absolute Gasteiger partial charge is 0.352 e. The second kappa shape index (κ2) is 7.82. The van der Waals surface area contributed by atoms with Gasteiger partial charge in [-0.3, -0.25) is 4.79 Å². The Morgan fingerprint density at radius 2 is 1.93 bits per heavy atom. The molecule has 5 nitrogen and oxygen atoms in total. The number of halogens is 1. The number of furan rings is 1. The number of rotatable bonds is 5. The van der Waals surface area contributed by atoms with Crippen molar-refractivity contribution < 1.29 is 19.1 Å². The minimum atomic E-state index is -1.23. The molecule has 3 aromatic rings. The first-order chi connectivity index (χ1) is 12.8. The van der Waals surface area contributed by atoms with Gasteiger partial charge in [0.1, 0.15) is 17.2 Å². The number of amides is 1. The Hall–Kier alpha value is -2.83. The van der Waals surface area contributed by atoms with E-state index in [1.165, 1.54) is 17.4 Å². The SMILES string of the molecule is Cc1cc(C(=O)NC(=Cc2ccc(-c3ccccc3Cl)s2)C(=O)O)c(C)o1. The lowest BCUT2D eigenvalue weighted by molar-refractivity contribution is -0.132. The van der Waals surface area contributed by atoms with E-state index in [1.807, 2.05) is 24.3 Å². The van der Waals surface area contributed by atoms with Gasteiger partial charge in [-0.05, 0) is 44.2 Å². The van der Waals surface area contributed by atoms with E-state index in [0.29, 0.717) is 27.0 Å². The van der Waals surface area contributed by atoms with Gasteiger partial charge < -0.3 is 14.8 Å². The number of hydrogen-bond donors (Lipinski definition) is 2. The average Bonchev–Trinajstić information content (AvgIpc) is 3.20. The van der Waals surface area contributed by atoms with Crippen LogP contribution in [0, 0.1) is 13.8 Å². The number of thiophene rings is 1. The maximum absolute atomic E-state index is 12.4. The van der Waals surface area contributed by atoms with Crippen molar-refractivity contribution in [2.75, 3.05) is 0 Å². The normalized spacial score (nSPS) is 11.4. The van der Waals surface area contributed by atoms with Crippen LogP contribution in [0.2, 0.25) is 5.02 Å². The first-order valence-electron chi connectivity index (χ1n) is 8.03. The van der Waals surface area contributed by atoms with Crippen molar-refractivity contribution in [2.45, 2.75) is 13.8 Å². The third-order valence-corrected chi connectivity index (χ3v) is 5.21. The average molecular weight is 402 g/mol. The van der Waals surface area contributed by atoms with Gasteiger partial charge in [-0.1, -0.05) is 29.8 Å². The quantitative estimate of drug-likeness (QED) is 0.580. The lowest BCUT2D eigenvalue weighted by Gasteiger charge is -2.04. The Labute approximate surface area is 164 Å². The monoisotopic (exact) mass is 401 g/mol. The molecule has 2 N–H and O–H groups in total. The van der Waals surface area contributed by atoms with Crippen molar-refractivity contribution in [3.05, 3.63) is 75.1 Å². The van der Waals surface area contributed by atoms with Gasteiger partial charge in [-0.25, -0.2) is 4.79 Å². The molecule has 0 saturated heterocycles. The third-order valence-electron chi connectivity index (χ3n) is 3.82. The molecule has 2 heterocycles. The van der Waals surface area contributed by atoms with Crippen LogP contribution in [0.15, 0.2) is 52.6 Å². The highest BCUT2D eigenvalue weighted by Gasteiger charge is 2.18. The summed E-state index contributed by atoms with van der Waals surface area (Å²) < 4.78 is 5.32. The molecule has 0 aliphatic rings. The van der Waals surface area contributed by atoms with Crippen LogP contribution in [0.3, 0.4) is 0 Å². The zero-order chi connectivity index (χ0) is 19.6. The third kappa shape index (κ3) is 4.30. The van der Waals surface area contributed by atoms with Crippen molar-refractivity contribution in [1.29, 1.82) is 0 Å². The maximum atomic E-state index is 12.4. The van der Waals surface area contributed by atoms with Gasteiger partial charge in [0.05, 0.1) is 5.56 Å². The molecule has 0 unspecified atom stereocenters. The van der Waals surface area contributed by atoms with Crippen LogP contribution < -0.4 is 5.32 Å². The van der Waals surface area contributed by atoms with E-state index in [4.69, 9.17) is 16.0 Å². The molecule has 2 aromatic heterocycles. The van der Waals surface area contributed by atoms with Crippen LogP contribution in [-0.4, -0.2) is 17.0 Å². The van der Waals surface area contributed by atoms with Crippen molar-refractivity contribution in [3.8, 4) is 10.4 Å². The van der Waals surface area contributed by atoms with Crippen LogP contribution >= 0.6 is 22.9 Å². The molecule has 0 spiro atoms. The summed E-state index contributed by atoms with van der Waals surface area (Å²) in [5, 5.41) is 12.5. The van der Waals surface area contributed by atoms with E-state index < -0.39 is 11.9 Å². The predicted octanol–water partition coefficient (Wildman–Crippen LogP) is 5.13. The molecule has 0 aliphatic carbocycles. The molecule has 0 aliphatic heterocycles. The number of nitrogens with one attached hydrogen (secondary N) is 1. The number of hydrogen-bond acceptors (Lipinski definition) is 4. The molecule has 0 saturated carbocycles. The zero-order valence-electron chi connectivity index (χ0n) is 14.6. The minimum Gasteiger partial charge on any atom is -0.477 e. The largest absolute Gasteiger partial charge is 0.477 e. The standard InChI is InChI=1S/C20H16ClNO4S/c1-11-9-15(12(2)26-11)19(23)22-17(20(24)25)10-13-7-8-18(27-13)14-5-3-4-6-16(14)21/h3-10H,1-2H3,(H,22,23)(H,24,25). The fraction of sp³-hybridized carbons (Fsp3) is 0.100. The lowest BCUT2D eigenvalue weighted by atomic mass is 10.2. The van der Waals surface area contributed by atoms with Gasteiger partial charge in [0, 0.05) is 20.3 Å². The molecular formula is C20H16ClNO4S. The number of carbonyl (C=O) groups excluding carboxylic acids is 1. The molecule has 0 atom stereocenters. The van der Waals surface area contributed by atoms with Gasteiger partial charge in [-0.2, -0.15) is 0 Å². The molecule has 27 heavy (non-hydrogen) atoms. The van der Waals surface area contributed by atoms with Gasteiger partial charge in [-0.15, -0.1) is 11.3 Å². The maximum Gasteiger partial charge on any atom is 0.352 e. The van der Waals surface area contributed by atoms with E-state index in [2.05, 4.69) is 5.32 Å². The Morgan fingerprint density at radius 1 is 1.19 bits per heavy atom. The number of aryl methyl sites for hydroxylation is 2. The highest BCUT2D eigenvalue weighted by atomic mass is 35.5. The van der Waals surface area contributed by atoms with E-state index in [9.17, 15) is 14.7 Å². The Morgan fingerprint density at radius 3 is 2.56 bits per heavy atom. The van der Waals surface area contributed by atoms with Gasteiger partial charge in [0.2, 0.25) is 0 Å². The molecule has 1 aromatic carbocycles. The highest BCUT2D eigenvalue weighted by molar-refractivity contribution is 7.16. The second-order valence-corrected chi connectivity index (χ2v) is 7.35. The number of carboxylic acids is 1. The summed E-state index contributed by atoms with van der Waals surface area (Å²) in [5.41, 5.74) is 0.961. The first kappa shape index (κ1) is 18.9. The fourth-order valence-corrected chi connectivity index (χ4v) is 3.86. The topological polar surface area (TPSA) is 79.5 Å². The summed E-state index contributed by atoms with van der Waals surface area (Å²) in [6.07, 6.45) is 1.42. The summed E-state index contributed by atoms with van der Waals surface area (Å²) in [4.78, 5) is 25.5. The van der Waals surface area contributed by atoms with Crippen LogP contribution in [-0.2, 0) is 4.79 Å². The Balaban J connectivity index is 1.86. The predicted molar refractivity (Wildman–Crippen MR) is 106 cm³/mol. The summed E-state index contributed by atoms with van der Waals surface area (Å²) in [7, 11) is 0. The van der Waals surface area contributed by atoms with Gasteiger partial charge in [0.25, 0.3) is 5.91 Å². The number of carboxylic acid groups (broad SMARTS) is 1. The number of benzene rings is 1. The summed E-state index contributed by atoms with van der Waals surface area (Å²) in [6, 6.07) is 12.6. The van der Waals surface area contributed by atoms with Gasteiger partial charge in [0.15, 0.2) is 0 Å². The molecule has 0 radical (unpaired) electrons. The van der Waals surface area contributed by atoms with E-state index in [1.54, 1.807) is 32.0 Å². The molecule has 138 valence electrons. The van der Waals surface area contributed by atoms with Crippen LogP contribution in [0.5, 0.6) is 0 Å². The van der Waals surface area contributed by atoms with Crippen molar-refractivity contribution in [2.24, 2.45) is 0 Å². The van der Waals surface area contributed by atoms with Crippen LogP contribution in [0.25, 0.3) is 16.5 Å². The Bertz CT molecular complexity index is 1050. The molecule has 7 heteroatoms. The highest BCUT2D eigenvalue weighted by Crippen LogP contribution is 2.33. The molecular weight excluding hydrogens is 386 g/mol. The summed E-state index contributed by atoms with van der Waals surface area (Å²) >= 11 is 7.59. The lowest BCUT2D eigenvalue weighted by Crippen LogP contribution is -2.27. The molecule has 0 bridgehead atoms. The molecule has 1 amide bonds. The minimum absolute atomic E-state index is 0.217. The van der Waals surface area contributed by atoms with Crippen LogP contribution in [0.4, 0.5) is 0 Å². The number of carbonyl (C=O) groups is 2. The van der Waals surface area contributed by atoms with Crippen molar-refractivity contribution in [3.63, 3.8) is 0 Å². The van der Waals surface area contributed by atoms with E-state index in [-0.39, 0.29) is 5.70 Å². The van der Waals surface area contributed by atoms with E-state index >= 15 is 0 Å². The van der Waals surface area contributed by atoms with E-state index in [0.717, 1.165) is 10.4 Å².